The fraction of sp³-hybridized carbons (Fsp3) is 0.400. The van der Waals surface area contributed by atoms with Crippen LogP contribution in [0.15, 0.2) is 17.4 Å². The van der Waals surface area contributed by atoms with Crippen molar-refractivity contribution >= 4 is 21.4 Å². The smallest absolute Gasteiger partial charge is 0.258 e. The molecule has 9 heteroatoms. The number of H-pyrrole nitrogens is 1. The molecule has 104 valence electrons. The lowest BCUT2D eigenvalue weighted by molar-refractivity contribution is 0.278. The average molecular weight is 302 g/mol. The maximum absolute atomic E-state index is 12.1. The van der Waals surface area contributed by atoms with Crippen molar-refractivity contribution in [3.05, 3.63) is 27.8 Å². The molecular formula is C10H14N4O3S2. The SMILES string of the molecule is Cc1cnc(C(C)NS(=O)(=O)c2[nH]ncc2CO)s1. The van der Waals surface area contributed by atoms with Crippen LogP contribution < -0.4 is 4.72 Å². The molecule has 0 saturated heterocycles. The Morgan fingerprint density at radius 1 is 1.53 bits per heavy atom. The lowest BCUT2D eigenvalue weighted by atomic mass is 10.4. The van der Waals surface area contributed by atoms with Crippen LogP contribution in [0, 0.1) is 6.92 Å². The monoisotopic (exact) mass is 302 g/mol. The molecule has 7 nitrogen and oxygen atoms in total. The molecular weight excluding hydrogens is 288 g/mol. The molecule has 0 spiro atoms. The first-order valence-electron chi connectivity index (χ1n) is 5.52. The standard InChI is InChI=1S/C10H14N4O3S2/c1-6-3-11-9(18-6)7(2)14-19(16,17)10-8(5-15)4-12-13-10/h3-4,7,14-15H,5H2,1-2H3,(H,12,13). The van der Waals surface area contributed by atoms with Crippen molar-refractivity contribution in [3.8, 4) is 0 Å². The molecule has 0 aliphatic heterocycles. The van der Waals surface area contributed by atoms with E-state index in [1.165, 1.54) is 17.5 Å². The molecule has 2 aromatic heterocycles. The number of nitrogens with zero attached hydrogens (tertiary/aromatic N) is 2. The highest BCUT2D eigenvalue weighted by Crippen LogP contribution is 2.21. The van der Waals surface area contributed by atoms with Gasteiger partial charge < -0.3 is 5.11 Å². The van der Waals surface area contributed by atoms with Crippen molar-refractivity contribution in [1.82, 2.24) is 19.9 Å². The summed E-state index contributed by atoms with van der Waals surface area (Å²) in [7, 11) is -3.76. The molecule has 1 atom stereocenters. The molecule has 2 aromatic rings. The van der Waals surface area contributed by atoms with Gasteiger partial charge in [0.2, 0.25) is 0 Å². The number of aromatic amines is 1. The molecule has 2 heterocycles. The summed E-state index contributed by atoms with van der Waals surface area (Å²) in [4.78, 5) is 5.15. The first kappa shape index (κ1) is 14.1. The molecule has 0 aliphatic rings. The van der Waals surface area contributed by atoms with Crippen LogP contribution in [0.2, 0.25) is 0 Å². The molecule has 0 amide bonds. The Balaban J connectivity index is 2.22. The van der Waals surface area contributed by atoms with Gasteiger partial charge in [0.15, 0.2) is 5.03 Å². The van der Waals surface area contributed by atoms with Gasteiger partial charge in [-0.15, -0.1) is 11.3 Å². The van der Waals surface area contributed by atoms with E-state index in [9.17, 15) is 8.42 Å². The summed E-state index contributed by atoms with van der Waals surface area (Å²) >= 11 is 1.43. The van der Waals surface area contributed by atoms with Crippen LogP contribution in [0.25, 0.3) is 0 Å². The van der Waals surface area contributed by atoms with Crippen molar-refractivity contribution in [1.29, 1.82) is 0 Å². The molecule has 0 fully saturated rings. The minimum Gasteiger partial charge on any atom is -0.392 e. The van der Waals surface area contributed by atoms with E-state index < -0.39 is 22.7 Å². The highest BCUT2D eigenvalue weighted by Gasteiger charge is 2.24. The lowest BCUT2D eigenvalue weighted by Gasteiger charge is -2.11. The van der Waals surface area contributed by atoms with Crippen LogP contribution in [-0.4, -0.2) is 28.7 Å². The number of thiazole rings is 1. The van der Waals surface area contributed by atoms with Crippen LogP contribution in [-0.2, 0) is 16.6 Å². The van der Waals surface area contributed by atoms with Gasteiger partial charge in [0.25, 0.3) is 10.0 Å². The Morgan fingerprint density at radius 3 is 2.84 bits per heavy atom. The number of hydrogen-bond donors (Lipinski definition) is 3. The predicted molar refractivity (Wildman–Crippen MR) is 70.1 cm³/mol. The second kappa shape index (κ2) is 5.37. The molecule has 0 bridgehead atoms. The van der Waals surface area contributed by atoms with Crippen LogP contribution in [0.4, 0.5) is 0 Å². The summed E-state index contributed by atoms with van der Waals surface area (Å²) in [6, 6.07) is -0.446. The Labute approximate surface area is 114 Å². The fourth-order valence-electron chi connectivity index (χ4n) is 1.56. The van der Waals surface area contributed by atoms with Crippen molar-refractivity contribution < 1.29 is 13.5 Å². The number of aliphatic hydroxyl groups is 1. The van der Waals surface area contributed by atoms with E-state index in [1.54, 1.807) is 13.1 Å². The number of rotatable bonds is 5. The van der Waals surface area contributed by atoms with Gasteiger partial charge in [0, 0.05) is 16.6 Å². The van der Waals surface area contributed by atoms with Crippen LogP contribution in [0.5, 0.6) is 0 Å². The zero-order valence-electron chi connectivity index (χ0n) is 10.4. The summed E-state index contributed by atoms with van der Waals surface area (Å²) in [5, 5.41) is 15.6. The molecule has 2 rings (SSSR count). The molecule has 3 N–H and O–H groups in total. The third-order valence-corrected chi connectivity index (χ3v) is 5.11. The van der Waals surface area contributed by atoms with Gasteiger partial charge in [-0.25, -0.2) is 18.1 Å². The first-order chi connectivity index (χ1) is 8.94. The van der Waals surface area contributed by atoms with Gasteiger partial charge in [0.05, 0.1) is 18.8 Å². The van der Waals surface area contributed by atoms with E-state index in [-0.39, 0.29) is 10.6 Å². The molecule has 0 aromatic carbocycles. The summed E-state index contributed by atoms with van der Waals surface area (Å²) in [6.45, 7) is 3.23. The van der Waals surface area contributed by atoms with Gasteiger partial charge in [-0.2, -0.15) is 5.10 Å². The quantitative estimate of drug-likeness (QED) is 0.753. The minimum absolute atomic E-state index is 0.116. The average Bonchev–Trinajstić information content (AvgIpc) is 2.96. The normalized spacial score (nSPS) is 13.6. The Morgan fingerprint density at radius 2 is 2.26 bits per heavy atom. The molecule has 1 unspecified atom stereocenters. The lowest BCUT2D eigenvalue weighted by Crippen LogP contribution is -2.28. The van der Waals surface area contributed by atoms with Gasteiger partial charge in [-0.1, -0.05) is 0 Å². The van der Waals surface area contributed by atoms with Crippen molar-refractivity contribution in [3.63, 3.8) is 0 Å². The third-order valence-electron chi connectivity index (χ3n) is 2.46. The number of aryl methyl sites for hydroxylation is 1. The van der Waals surface area contributed by atoms with Gasteiger partial charge in [-0.05, 0) is 13.8 Å². The fourth-order valence-corrected chi connectivity index (χ4v) is 3.74. The number of aromatic nitrogens is 3. The molecule has 19 heavy (non-hydrogen) atoms. The van der Waals surface area contributed by atoms with Crippen molar-refractivity contribution in [2.45, 2.75) is 31.5 Å². The highest BCUT2D eigenvalue weighted by atomic mass is 32.2. The number of aliphatic hydroxyl groups excluding tert-OH is 1. The minimum atomic E-state index is -3.76. The topological polar surface area (TPSA) is 108 Å². The van der Waals surface area contributed by atoms with Gasteiger partial charge >= 0.3 is 0 Å². The van der Waals surface area contributed by atoms with E-state index in [0.29, 0.717) is 5.01 Å². The largest absolute Gasteiger partial charge is 0.392 e. The second-order valence-electron chi connectivity index (χ2n) is 4.03. The maximum atomic E-state index is 12.1. The van der Waals surface area contributed by atoms with E-state index in [1.807, 2.05) is 6.92 Å². The van der Waals surface area contributed by atoms with Crippen LogP contribution in [0.1, 0.15) is 28.4 Å². The Hall–Kier alpha value is -1.29. The maximum Gasteiger partial charge on any atom is 0.258 e. The van der Waals surface area contributed by atoms with E-state index in [4.69, 9.17) is 5.11 Å². The third kappa shape index (κ3) is 3.00. The van der Waals surface area contributed by atoms with Crippen molar-refractivity contribution in [2.75, 3.05) is 0 Å². The second-order valence-corrected chi connectivity index (χ2v) is 6.95. The molecule has 0 aliphatic carbocycles. The number of sulfonamides is 1. The summed E-state index contributed by atoms with van der Waals surface area (Å²) < 4.78 is 26.8. The highest BCUT2D eigenvalue weighted by molar-refractivity contribution is 7.89. The number of nitrogens with one attached hydrogen (secondary N) is 2. The first-order valence-corrected chi connectivity index (χ1v) is 7.81. The van der Waals surface area contributed by atoms with Gasteiger partial charge in [-0.3, -0.25) is 5.10 Å². The zero-order chi connectivity index (χ0) is 14.0. The van der Waals surface area contributed by atoms with Crippen LogP contribution in [0.3, 0.4) is 0 Å². The Kier molecular flexibility index (Phi) is 3.99. The predicted octanol–water partition coefficient (Wildman–Crippen LogP) is 0.706. The van der Waals surface area contributed by atoms with E-state index in [0.717, 1.165) is 4.88 Å². The zero-order valence-corrected chi connectivity index (χ0v) is 12.0. The Bertz CT molecular complexity index is 662. The summed E-state index contributed by atoms with van der Waals surface area (Å²) in [6.07, 6.45) is 2.98. The van der Waals surface area contributed by atoms with Gasteiger partial charge in [0.1, 0.15) is 5.01 Å². The summed E-state index contributed by atoms with van der Waals surface area (Å²) in [5.41, 5.74) is 0.231. The summed E-state index contributed by atoms with van der Waals surface area (Å²) in [5.74, 6) is 0. The molecule has 0 saturated carbocycles. The van der Waals surface area contributed by atoms with Crippen LogP contribution >= 0.6 is 11.3 Å². The molecule has 0 radical (unpaired) electrons. The van der Waals surface area contributed by atoms with E-state index >= 15 is 0 Å². The van der Waals surface area contributed by atoms with Crippen molar-refractivity contribution in [2.24, 2.45) is 0 Å². The van der Waals surface area contributed by atoms with E-state index in [2.05, 4.69) is 19.9 Å². The number of hydrogen-bond acceptors (Lipinski definition) is 6.